The van der Waals surface area contributed by atoms with Gasteiger partial charge in [-0.2, -0.15) is 0 Å². The fourth-order valence-corrected chi connectivity index (χ4v) is 3.20. The fraction of sp³-hybridized carbons (Fsp3) is 0.368. The second-order valence-corrected chi connectivity index (χ2v) is 6.30. The number of hydrogen-bond donors (Lipinski definition) is 3. The SMILES string of the molecule is O=C(CCNC(=O)c1ccco1)NC[C@]1(O)CCCc2ccccc21. The van der Waals surface area contributed by atoms with Gasteiger partial charge in [0.25, 0.3) is 5.91 Å². The molecule has 0 fully saturated rings. The van der Waals surface area contributed by atoms with Gasteiger partial charge in [-0.05, 0) is 42.5 Å². The van der Waals surface area contributed by atoms with E-state index in [9.17, 15) is 14.7 Å². The molecular weight excluding hydrogens is 320 g/mol. The number of rotatable bonds is 6. The lowest BCUT2D eigenvalue weighted by Crippen LogP contribution is -2.43. The number of amides is 2. The standard InChI is InChI=1S/C19H22N2O4/c22-17(9-11-20-18(23)16-8-4-12-25-16)21-13-19(24)10-3-6-14-5-1-2-7-15(14)19/h1-2,4-5,7-8,12,24H,3,6,9-11,13H2,(H,20,23)(H,21,22)/t19-/m1/s1. The summed E-state index contributed by atoms with van der Waals surface area (Å²) in [5.74, 6) is -0.345. The molecule has 1 aromatic heterocycles. The average molecular weight is 342 g/mol. The molecule has 1 aliphatic rings. The van der Waals surface area contributed by atoms with E-state index < -0.39 is 5.60 Å². The molecule has 1 atom stereocenters. The molecule has 3 rings (SSSR count). The van der Waals surface area contributed by atoms with E-state index in [1.165, 1.54) is 6.26 Å². The number of fused-ring (bicyclic) bond motifs is 1. The van der Waals surface area contributed by atoms with E-state index in [2.05, 4.69) is 10.6 Å². The van der Waals surface area contributed by atoms with Crippen LogP contribution < -0.4 is 10.6 Å². The first-order valence-electron chi connectivity index (χ1n) is 8.48. The summed E-state index contributed by atoms with van der Waals surface area (Å²) < 4.78 is 4.98. The smallest absolute Gasteiger partial charge is 0.286 e. The van der Waals surface area contributed by atoms with Gasteiger partial charge in [-0.25, -0.2) is 0 Å². The van der Waals surface area contributed by atoms with Gasteiger partial charge in [-0.15, -0.1) is 0 Å². The molecule has 6 nitrogen and oxygen atoms in total. The monoisotopic (exact) mass is 342 g/mol. The Morgan fingerprint density at radius 3 is 2.80 bits per heavy atom. The zero-order valence-corrected chi connectivity index (χ0v) is 14.0. The first-order chi connectivity index (χ1) is 12.1. The van der Waals surface area contributed by atoms with Crippen LogP contribution in [0.15, 0.2) is 47.1 Å². The van der Waals surface area contributed by atoms with Crippen LogP contribution >= 0.6 is 0 Å². The van der Waals surface area contributed by atoms with Crippen molar-refractivity contribution in [3.05, 3.63) is 59.5 Å². The van der Waals surface area contributed by atoms with E-state index in [-0.39, 0.29) is 37.1 Å². The van der Waals surface area contributed by atoms with Gasteiger partial charge in [0.2, 0.25) is 5.91 Å². The summed E-state index contributed by atoms with van der Waals surface area (Å²) in [6.07, 6.45) is 4.03. The molecule has 0 spiro atoms. The Morgan fingerprint density at radius 2 is 2.00 bits per heavy atom. The van der Waals surface area contributed by atoms with Gasteiger partial charge < -0.3 is 20.2 Å². The summed E-state index contributed by atoms with van der Waals surface area (Å²) in [5, 5.41) is 16.3. The predicted octanol–water partition coefficient (Wildman–Crippen LogP) is 1.74. The summed E-state index contributed by atoms with van der Waals surface area (Å²) in [7, 11) is 0. The highest BCUT2D eigenvalue weighted by Crippen LogP contribution is 2.34. The van der Waals surface area contributed by atoms with Crippen LogP contribution in [0.5, 0.6) is 0 Å². The van der Waals surface area contributed by atoms with E-state index in [4.69, 9.17) is 4.42 Å². The topological polar surface area (TPSA) is 91.6 Å². The number of hydrogen-bond acceptors (Lipinski definition) is 4. The van der Waals surface area contributed by atoms with Gasteiger partial charge in [0.15, 0.2) is 5.76 Å². The molecule has 2 amide bonds. The third kappa shape index (κ3) is 4.09. The molecule has 1 aromatic carbocycles. The lowest BCUT2D eigenvalue weighted by Gasteiger charge is -2.34. The van der Waals surface area contributed by atoms with Gasteiger partial charge in [0.05, 0.1) is 12.8 Å². The fourth-order valence-electron chi connectivity index (χ4n) is 3.20. The van der Waals surface area contributed by atoms with Crippen molar-refractivity contribution in [2.75, 3.05) is 13.1 Å². The van der Waals surface area contributed by atoms with Crippen molar-refractivity contribution < 1.29 is 19.1 Å². The summed E-state index contributed by atoms with van der Waals surface area (Å²) in [5.41, 5.74) is 1.01. The maximum atomic E-state index is 12.0. The molecule has 0 unspecified atom stereocenters. The van der Waals surface area contributed by atoms with Gasteiger partial charge in [-0.1, -0.05) is 24.3 Å². The summed E-state index contributed by atoms with van der Waals surface area (Å²) >= 11 is 0. The van der Waals surface area contributed by atoms with E-state index in [0.29, 0.717) is 6.42 Å². The Hall–Kier alpha value is -2.60. The van der Waals surface area contributed by atoms with Crippen molar-refractivity contribution in [2.45, 2.75) is 31.3 Å². The van der Waals surface area contributed by atoms with Gasteiger partial charge in [0, 0.05) is 13.0 Å². The molecule has 1 heterocycles. The number of carbonyl (C=O) groups is 2. The Kier molecular flexibility index (Phi) is 5.19. The zero-order valence-electron chi connectivity index (χ0n) is 14.0. The first-order valence-corrected chi connectivity index (χ1v) is 8.48. The highest BCUT2D eigenvalue weighted by Gasteiger charge is 2.34. The molecule has 25 heavy (non-hydrogen) atoms. The number of aliphatic hydroxyl groups is 1. The van der Waals surface area contributed by atoms with Crippen LogP contribution in [-0.2, 0) is 16.8 Å². The van der Waals surface area contributed by atoms with E-state index in [0.717, 1.165) is 24.0 Å². The minimum atomic E-state index is -1.03. The van der Waals surface area contributed by atoms with E-state index >= 15 is 0 Å². The van der Waals surface area contributed by atoms with Crippen LogP contribution in [0.1, 0.15) is 40.9 Å². The predicted molar refractivity (Wildman–Crippen MR) is 91.9 cm³/mol. The molecule has 0 aliphatic heterocycles. The van der Waals surface area contributed by atoms with Crippen molar-refractivity contribution in [3.8, 4) is 0 Å². The van der Waals surface area contributed by atoms with Crippen LogP contribution in [0.25, 0.3) is 0 Å². The van der Waals surface area contributed by atoms with Crippen LogP contribution in [-0.4, -0.2) is 30.0 Å². The largest absolute Gasteiger partial charge is 0.459 e. The zero-order chi connectivity index (χ0) is 17.7. The minimum Gasteiger partial charge on any atom is -0.459 e. The van der Waals surface area contributed by atoms with Crippen molar-refractivity contribution in [2.24, 2.45) is 0 Å². The molecule has 0 saturated heterocycles. The molecule has 0 radical (unpaired) electrons. The summed E-state index contributed by atoms with van der Waals surface area (Å²) in [4.78, 5) is 23.7. The van der Waals surface area contributed by atoms with E-state index in [1.54, 1.807) is 12.1 Å². The molecule has 132 valence electrons. The molecule has 0 bridgehead atoms. The highest BCUT2D eigenvalue weighted by atomic mass is 16.3. The maximum absolute atomic E-state index is 12.0. The second kappa shape index (κ2) is 7.53. The van der Waals surface area contributed by atoms with Gasteiger partial charge in [-0.3, -0.25) is 9.59 Å². The van der Waals surface area contributed by atoms with Crippen LogP contribution in [0.4, 0.5) is 0 Å². The van der Waals surface area contributed by atoms with Gasteiger partial charge >= 0.3 is 0 Å². The van der Waals surface area contributed by atoms with Crippen LogP contribution in [0.3, 0.4) is 0 Å². The number of benzene rings is 1. The number of furan rings is 1. The minimum absolute atomic E-state index is 0.143. The van der Waals surface area contributed by atoms with Crippen molar-refractivity contribution in [1.29, 1.82) is 0 Å². The van der Waals surface area contributed by atoms with E-state index in [1.807, 2.05) is 24.3 Å². The number of carbonyl (C=O) groups excluding carboxylic acids is 2. The molecule has 0 saturated carbocycles. The lowest BCUT2D eigenvalue weighted by molar-refractivity contribution is -0.122. The maximum Gasteiger partial charge on any atom is 0.286 e. The molecular formula is C19H22N2O4. The molecule has 6 heteroatoms. The van der Waals surface area contributed by atoms with Crippen LogP contribution in [0, 0.1) is 0 Å². The van der Waals surface area contributed by atoms with Gasteiger partial charge in [0.1, 0.15) is 5.60 Å². The average Bonchev–Trinajstić information content (AvgIpc) is 3.15. The Morgan fingerprint density at radius 1 is 1.16 bits per heavy atom. The molecule has 1 aliphatic carbocycles. The third-order valence-electron chi connectivity index (χ3n) is 4.52. The first kappa shape index (κ1) is 17.2. The Labute approximate surface area is 146 Å². The number of aryl methyl sites for hydroxylation is 1. The Balaban J connectivity index is 1.47. The highest BCUT2D eigenvalue weighted by molar-refractivity contribution is 5.91. The molecule has 2 aromatic rings. The van der Waals surface area contributed by atoms with Crippen molar-refractivity contribution in [3.63, 3.8) is 0 Å². The normalized spacial score (nSPS) is 19.1. The number of nitrogens with one attached hydrogen (secondary N) is 2. The molecule has 3 N–H and O–H groups in total. The summed E-state index contributed by atoms with van der Waals surface area (Å²) in [6, 6.07) is 11.0. The van der Waals surface area contributed by atoms with Crippen molar-refractivity contribution in [1.82, 2.24) is 10.6 Å². The summed E-state index contributed by atoms with van der Waals surface area (Å²) in [6.45, 7) is 0.384. The lowest BCUT2D eigenvalue weighted by atomic mass is 9.79. The van der Waals surface area contributed by atoms with Crippen LogP contribution in [0.2, 0.25) is 0 Å². The quantitative estimate of drug-likeness (QED) is 0.746. The third-order valence-corrected chi connectivity index (χ3v) is 4.52. The van der Waals surface area contributed by atoms with Crippen molar-refractivity contribution >= 4 is 11.8 Å². The second-order valence-electron chi connectivity index (χ2n) is 6.30. The Bertz CT molecular complexity index is 742.